The van der Waals surface area contributed by atoms with Crippen molar-refractivity contribution in [1.29, 1.82) is 0 Å². The van der Waals surface area contributed by atoms with Crippen LogP contribution in [0.1, 0.15) is 55.1 Å². The summed E-state index contributed by atoms with van der Waals surface area (Å²) >= 11 is 1.63. The maximum Gasteiger partial charge on any atom is 0.339 e. The zero-order valence-corrected chi connectivity index (χ0v) is 22.6. The Bertz CT molecular complexity index is 1380. The van der Waals surface area contributed by atoms with Gasteiger partial charge in [0.25, 0.3) is 11.8 Å². The van der Waals surface area contributed by atoms with E-state index in [0.717, 1.165) is 34.0 Å². The van der Waals surface area contributed by atoms with Crippen molar-refractivity contribution in [1.82, 2.24) is 10.8 Å². The van der Waals surface area contributed by atoms with E-state index in [2.05, 4.69) is 16.1 Å². The molecule has 3 N–H and O–H groups in total. The summed E-state index contributed by atoms with van der Waals surface area (Å²) in [4.78, 5) is 46.5. The highest BCUT2D eigenvalue weighted by molar-refractivity contribution is 7.99. The van der Waals surface area contributed by atoms with Crippen molar-refractivity contribution in [3.63, 3.8) is 0 Å². The summed E-state index contributed by atoms with van der Waals surface area (Å²) in [6.45, 7) is 3.91. The molecule has 0 radical (unpaired) electrons. The molecule has 2 unspecified atom stereocenters. The third kappa shape index (κ3) is 6.20. The number of carbonyl (C=O) groups excluding carboxylic acids is 3. The second kappa shape index (κ2) is 11.8. The number of para-hydroxylation sites is 1. The third-order valence-corrected chi connectivity index (χ3v) is 7.95. The second-order valence-corrected chi connectivity index (χ2v) is 11.2. The lowest BCUT2D eigenvalue weighted by molar-refractivity contribution is -0.162. The van der Waals surface area contributed by atoms with E-state index >= 15 is 0 Å². The van der Waals surface area contributed by atoms with Gasteiger partial charge in [0, 0.05) is 21.3 Å². The number of benzene rings is 2. The van der Waals surface area contributed by atoms with Crippen LogP contribution in [-0.4, -0.2) is 23.8 Å². The van der Waals surface area contributed by atoms with Crippen LogP contribution in [0.15, 0.2) is 87.2 Å². The van der Waals surface area contributed by atoms with Gasteiger partial charge in [0.15, 0.2) is 0 Å². The van der Waals surface area contributed by atoms with Gasteiger partial charge in [-0.2, -0.15) is 5.48 Å². The van der Waals surface area contributed by atoms with Gasteiger partial charge in [-0.05, 0) is 67.6 Å². The van der Waals surface area contributed by atoms with Crippen LogP contribution in [-0.2, 0) is 14.4 Å². The van der Waals surface area contributed by atoms with Gasteiger partial charge in [-0.15, -0.1) is 0 Å². The van der Waals surface area contributed by atoms with Crippen molar-refractivity contribution in [2.75, 3.05) is 5.32 Å². The van der Waals surface area contributed by atoms with Crippen molar-refractivity contribution >= 4 is 40.9 Å². The van der Waals surface area contributed by atoms with E-state index < -0.39 is 23.8 Å². The van der Waals surface area contributed by atoms with E-state index in [0.29, 0.717) is 17.7 Å². The largest absolute Gasteiger partial charge is 0.469 e. The summed E-state index contributed by atoms with van der Waals surface area (Å²) in [5, 5.41) is 6.19. The molecule has 1 aliphatic carbocycles. The van der Waals surface area contributed by atoms with Gasteiger partial charge < -0.3 is 19.9 Å². The van der Waals surface area contributed by atoms with Crippen molar-refractivity contribution in [3.05, 3.63) is 84.3 Å². The number of anilines is 2. The van der Waals surface area contributed by atoms with Crippen molar-refractivity contribution in [3.8, 4) is 0 Å². The molecule has 0 saturated carbocycles. The second-order valence-electron chi connectivity index (χ2n) is 10.1. The lowest BCUT2D eigenvalue weighted by atomic mass is 9.82. The number of allylic oxidation sites excluding steroid dienone is 1. The predicted octanol–water partition coefficient (Wildman–Crippen LogP) is 5.96. The molecule has 5 rings (SSSR count). The number of furan rings is 1. The normalized spacial score (nSPS) is 18.3. The fraction of sp³-hybridized carbons (Fsp3) is 0.300. The molecule has 9 heteroatoms. The molecule has 8 nitrogen and oxygen atoms in total. The molecule has 0 spiro atoms. The quantitative estimate of drug-likeness (QED) is 0.194. The highest BCUT2D eigenvalue weighted by Crippen LogP contribution is 2.44. The molecule has 0 saturated heterocycles. The van der Waals surface area contributed by atoms with E-state index in [1.807, 2.05) is 56.3 Å². The number of fused-ring (bicyclic) bond motifs is 2. The average Bonchev–Trinajstić information content (AvgIpc) is 3.48. The summed E-state index contributed by atoms with van der Waals surface area (Å²) in [6.07, 6.45) is 7.24. The molecule has 1 aromatic heterocycles. The van der Waals surface area contributed by atoms with E-state index in [1.165, 1.54) is 0 Å². The molecule has 202 valence electrons. The van der Waals surface area contributed by atoms with Crippen molar-refractivity contribution in [2.45, 2.75) is 54.9 Å². The predicted molar refractivity (Wildman–Crippen MR) is 149 cm³/mol. The number of hydrogen-bond donors (Lipinski definition) is 3. The van der Waals surface area contributed by atoms with E-state index in [4.69, 9.17) is 9.25 Å². The summed E-state index contributed by atoms with van der Waals surface area (Å²) < 4.78 is 5.52. The van der Waals surface area contributed by atoms with Gasteiger partial charge in [0.2, 0.25) is 0 Å². The standard InChI is InChI=1S/C30H31N3O5S/c1-18(2)16-24(29(35)33-38-30(36)21-9-4-3-8-20(21)25-11-7-15-37-25)32-28(34)19-13-14-27-23(17-19)31-22-10-5-6-12-26(22)39-27/h4-7,9-15,17-18,20-21,24,31H,3,8,16H2,1-2H3,(H,32,34)(H,33,35)/t20?,21?,24-/m0/s1. The molecule has 2 aromatic carbocycles. The van der Waals surface area contributed by atoms with Crippen molar-refractivity contribution in [2.24, 2.45) is 11.8 Å². The number of amides is 2. The Hall–Kier alpha value is -3.98. The summed E-state index contributed by atoms with van der Waals surface area (Å²) in [5.74, 6) is -1.46. The first-order valence-electron chi connectivity index (χ1n) is 13.1. The van der Waals surface area contributed by atoms with Gasteiger partial charge in [-0.3, -0.25) is 9.59 Å². The molecule has 0 bridgehead atoms. The minimum Gasteiger partial charge on any atom is -0.469 e. The van der Waals surface area contributed by atoms with Crippen LogP contribution < -0.4 is 16.1 Å². The minimum absolute atomic E-state index is 0.111. The highest BCUT2D eigenvalue weighted by Gasteiger charge is 2.33. The highest BCUT2D eigenvalue weighted by atomic mass is 32.2. The maximum absolute atomic E-state index is 13.2. The van der Waals surface area contributed by atoms with Crippen LogP contribution in [0.5, 0.6) is 0 Å². The van der Waals surface area contributed by atoms with E-state index in [1.54, 1.807) is 42.3 Å². The smallest absolute Gasteiger partial charge is 0.339 e. The van der Waals surface area contributed by atoms with Crippen LogP contribution in [0.2, 0.25) is 0 Å². The number of hydrogen-bond acceptors (Lipinski definition) is 7. The number of rotatable bonds is 7. The maximum atomic E-state index is 13.2. The third-order valence-electron chi connectivity index (χ3n) is 6.80. The van der Waals surface area contributed by atoms with Crippen LogP contribution in [0.3, 0.4) is 0 Å². The van der Waals surface area contributed by atoms with Crippen LogP contribution in [0.25, 0.3) is 0 Å². The average molecular weight is 546 g/mol. The Labute approximate surface area is 231 Å². The van der Waals surface area contributed by atoms with E-state index in [9.17, 15) is 14.4 Å². The fourth-order valence-corrected chi connectivity index (χ4v) is 5.83. The minimum atomic E-state index is -0.882. The van der Waals surface area contributed by atoms with Gasteiger partial charge >= 0.3 is 5.97 Å². The molecule has 2 heterocycles. The first-order valence-corrected chi connectivity index (χ1v) is 13.9. The molecule has 39 heavy (non-hydrogen) atoms. The summed E-state index contributed by atoms with van der Waals surface area (Å²) in [5.41, 5.74) is 4.52. The van der Waals surface area contributed by atoms with Crippen molar-refractivity contribution < 1.29 is 23.6 Å². The Morgan fingerprint density at radius 2 is 1.90 bits per heavy atom. The molecule has 2 aliphatic rings. The molecular weight excluding hydrogens is 514 g/mol. The first kappa shape index (κ1) is 26.6. The lowest BCUT2D eigenvalue weighted by Gasteiger charge is -2.25. The monoisotopic (exact) mass is 545 g/mol. The van der Waals surface area contributed by atoms with Crippen LogP contribution >= 0.6 is 11.8 Å². The first-order chi connectivity index (χ1) is 18.9. The SMILES string of the molecule is CC(C)C[C@H](NC(=O)c1ccc2c(c1)Nc1ccccc1S2)C(=O)NOC(=O)C1C=CCCC1c1ccco1. The van der Waals surface area contributed by atoms with Gasteiger partial charge in [-0.1, -0.05) is 49.9 Å². The summed E-state index contributed by atoms with van der Waals surface area (Å²) in [7, 11) is 0. The van der Waals surface area contributed by atoms with Crippen LogP contribution in [0, 0.1) is 11.8 Å². The summed E-state index contributed by atoms with van der Waals surface area (Å²) in [6, 6.07) is 16.1. The van der Waals surface area contributed by atoms with Gasteiger partial charge in [-0.25, -0.2) is 4.79 Å². The zero-order chi connectivity index (χ0) is 27.4. The zero-order valence-electron chi connectivity index (χ0n) is 21.8. The lowest BCUT2D eigenvalue weighted by Crippen LogP contribution is -2.48. The van der Waals surface area contributed by atoms with Gasteiger partial charge in [0.1, 0.15) is 11.8 Å². The number of hydroxylamine groups is 1. The number of nitrogens with one attached hydrogen (secondary N) is 3. The Balaban J connectivity index is 1.23. The topological polar surface area (TPSA) is 110 Å². The van der Waals surface area contributed by atoms with Crippen LogP contribution in [0.4, 0.5) is 11.4 Å². The molecule has 0 fully saturated rings. The molecule has 1 aliphatic heterocycles. The number of carbonyl (C=O) groups is 3. The molecule has 2 amide bonds. The molecule has 3 aromatic rings. The Morgan fingerprint density at radius 3 is 2.69 bits per heavy atom. The fourth-order valence-electron chi connectivity index (χ4n) is 4.86. The molecule has 3 atom stereocenters. The Morgan fingerprint density at radius 1 is 1.08 bits per heavy atom. The van der Waals surface area contributed by atoms with E-state index in [-0.39, 0.29) is 17.7 Å². The molecular formula is C30H31N3O5S. The van der Waals surface area contributed by atoms with Gasteiger partial charge in [0.05, 0.1) is 23.6 Å². The Kier molecular flexibility index (Phi) is 8.07.